The van der Waals surface area contributed by atoms with Crippen molar-refractivity contribution in [3.63, 3.8) is 0 Å². The molecule has 1 heterocycles. The predicted molar refractivity (Wildman–Crippen MR) is 71.6 cm³/mol. The van der Waals surface area contributed by atoms with Gasteiger partial charge in [0.2, 0.25) is 0 Å². The molecule has 2 heteroatoms. The Morgan fingerprint density at radius 1 is 1.29 bits per heavy atom. The van der Waals surface area contributed by atoms with Crippen LogP contribution in [0, 0.1) is 13.8 Å². The molecule has 0 saturated carbocycles. The Balaban J connectivity index is 2.41. The normalized spacial score (nSPS) is 23.4. The van der Waals surface area contributed by atoms with Crippen LogP contribution in [0.4, 0.5) is 0 Å². The molecule has 0 amide bonds. The van der Waals surface area contributed by atoms with Crippen molar-refractivity contribution in [2.24, 2.45) is 0 Å². The molecule has 1 N–H and O–H groups in total. The maximum Gasteiger partial charge on any atom is 0.125 e. The van der Waals surface area contributed by atoms with E-state index >= 15 is 0 Å². The van der Waals surface area contributed by atoms with Crippen LogP contribution in [0.25, 0.3) is 0 Å². The minimum absolute atomic E-state index is 0.292. The molecule has 2 atom stereocenters. The SMILES string of the molecule is Cc1cc(C)c2c(c1)OC(C)CC2NC(C)C. The second kappa shape index (κ2) is 4.69. The lowest BCUT2D eigenvalue weighted by molar-refractivity contribution is 0.163. The van der Waals surface area contributed by atoms with Crippen LogP contribution in [0.1, 0.15) is 49.9 Å². The smallest absolute Gasteiger partial charge is 0.125 e. The molecule has 1 aromatic carbocycles. The van der Waals surface area contributed by atoms with Gasteiger partial charge in [0.15, 0.2) is 0 Å². The molecule has 2 unspecified atom stereocenters. The lowest BCUT2D eigenvalue weighted by Gasteiger charge is -2.33. The maximum absolute atomic E-state index is 5.97. The van der Waals surface area contributed by atoms with Crippen molar-refractivity contribution >= 4 is 0 Å². The van der Waals surface area contributed by atoms with Gasteiger partial charge in [-0.3, -0.25) is 0 Å². The van der Waals surface area contributed by atoms with Crippen LogP contribution in [0.15, 0.2) is 12.1 Å². The molecule has 1 aromatic rings. The zero-order valence-electron chi connectivity index (χ0n) is 11.5. The summed E-state index contributed by atoms with van der Waals surface area (Å²) >= 11 is 0. The highest BCUT2D eigenvalue weighted by Crippen LogP contribution is 2.38. The van der Waals surface area contributed by atoms with Gasteiger partial charge in [-0.2, -0.15) is 0 Å². The summed E-state index contributed by atoms with van der Waals surface area (Å²) in [6.07, 6.45) is 1.34. The second-order valence-electron chi connectivity index (χ2n) is 5.53. The number of hydrogen-bond donors (Lipinski definition) is 1. The van der Waals surface area contributed by atoms with Gasteiger partial charge in [0.05, 0.1) is 6.10 Å². The highest BCUT2D eigenvalue weighted by atomic mass is 16.5. The first-order valence-electron chi connectivity index (χ1n) is 6.51. The standard InChI is InChI=1S/C15H23NO/c1-9(2)16-13-8-12(5)17-14-7-10(3)6-11(4)15(13)14/h6-7,9,12-13,16H,8H2,1-5H3. The number of nitrogens with one attached hydrogen (secondary N) is 1. The average molecular weight is 233 g/mol. The van der Waals surface area contributed by atoms with Gasteiger partial charge in [0, 0.05) is 24.1 Å². The number of aryl methyl sites for hydroxylation is 2. The Morgan fingerprint density at radius 3 is 2.65 bits per heavy atom. The summed E-state index contributed by atoms with van der Waals surface area (Å²) in [5, 5.41) is 3.65. The molecule has 1 aliphatic heterocycles. The number of hydrogen-bond acceptors (Lipinski definition) is 2. The highest BCUT2D eigenvalue weighted by molar-refractivity contribution is 5.46. The Morgan fingerprint density at radius 2 is 2.00 bits per heavy atom. The van der Waals surface area contributed by atoms with Gasteiger partial charge in [0.1, 0.15) is 5.75 Å². The quantitative estimate of drug-likeness (QED) is 0.844. The summed E-state index contributed by atoms with van der Waals surface area (Å²) in [7, 11) is 0. The van der Waals surface area contributed by atoms with E-state index in [0.717, 1.165) is 12.2 Å². The molecule has 94 valence electrons. The minimum Gasteiger partial charge on any atom is -0.490 e. The maximum atomic E-state index is 5.97. The van der Waals surface area contributed by atoms with E-state index in [4.69, 9.17) is 4.74 Å². The lowest BCUT2D eigenvalue weighted by Crippen LogP contribution is -2.35. The largest absolute Gasteiger partial charge is 0.490 e. The fraction of sp³-hybridized carbons (Fsp3) is 0.600. The van der Waals surface area contributed by atoms with E-state index in [-0.39, 0.29) is 0 Å². The summed E-state index contributed by atoms with van der Waals surface area (Å²) in [5.74, 6) is 1.07. The molecule has 0 spiro atoms. The van der Waals surface area contributed by atoms with Crippen LogP contribution in [0.2, 0.25) is 0 Å². The van der Waals surface area contributed by atoms with Crippen molar-refractivity contribution in [3.8, 4) is 5.75 Å². The van der Waals surface area contributed by atoms with E-state index in [1.807, 2.05) is 0 Å². The molecular formula is C15H23NO. The topological polar surface area (TPSA) is 21.3 Å². The molecule has 0 fully saturated rings. The highest BCUT2D eigenvalue weighted by Gasteiger charge is 2.27. The minimum atomic E-state index is 0.292. The van der Waals surface area contributed by atoms with Crippen LogP contribution in [-0.4, -0.2) is 12.1 Å². The van der Waals surface area contributed by atoms with Crippen molar-refractivity contribution in [1.82, 2.24) is 5.32 Å². The molecule has 0 radical (unpaired) electrons. The van der Waals surface area contributed by atoms with Crippen molar-refractivity contribution in [3.05, 3.63) is 28.8 Å². The number of rotatable bonds is 2. The van der Waals surface area contributed by atoms with Gasteiger partial charge >= 0.3 is 0 Å². The van der Waals surface area contributed by atoms with Gasteiger partial charge in [-0.15, -0.1) is 0 Å². The van der Waals surface area contributed by atoms with Gasteiger partial charge in [-0.05, 0) is 38.0 Å². The molecule has 2 nitrogen and oxygen atoms in total. The van der Waals surface area contributed by atoms with Gasteiger partial charge in [0.25, 0.3) is 0 Å². The van der Waals surface area contributed by atoms with Gasteiger partial charge in [-0.25, -0.2) is 0 Å². The van der Waals surface area contributed by atoms with E-state index in [1.54, 1.807) is 0 Å². The predicted octanol–water partition coefficient (Wildman–Crippen LogP) is 3.51. The van der Waals surface area contributed by atoms with E-state index in [2.05, 4.69) is 52.1 Å². The molecule has 0 bridgehead atoms. The Bertz CT molecular complexity index is 412. The zero-order valence-corrected chi connectivity index (χ0v) is 11.5. The summed E-state index contributed by atoms with van der Waals surface area (Å²) in [6, 6.07) is 5.33. The van der Waals surface area contributed by atoms with Crippen LogP contribution in [0.5, 0.6) is 5.75 Å². The van der Waals surface area contributed by atoms with E-state index in [9.17, 15) is 0 Å². The van der Waals surface area contributed by atoms with E-state index in [0.29, 0.717) is 18.2 Å². The Hall–Kier alpha value is -1.02. The number of benzene rings is 1. The molecule has 2 rings (SSSR count). The fourth-order valence-corrected chi connectivity index (χ4v) is 2.75. The first-order chi connectivity index (χ1) is 7.97. The third-order valence-corrected chi connectivity index (χ3v) is 3.27. The third kappa shape index (κ3) is 2.63. The van der Waals surface area contributed by atoms with Crippen LogP contribution in [0.3, 0.4) is 0 Å². The molecule has 0 aliphatic carbocycles. The average Bonchev–Trinajstić information content (AvgIpc) is 2.13. The van der Waals surface area contributed by atoms with Crippen LogP contribution >= 0.6 is 0 Å². The summed E-state index contributed by atoms with van der Waals surface area (Å²) in [4.78, 5) is 0. The second-order valence-corrected chi connectivity index (χ2v) is 5.53. The number of ether oxygens (including phenoxy) is 1. The zero-order chi connectivity index (χ0) is 12.6. The van der Waals surface area contributed by atoms with E-state index in [1.165, 1.54) is 16.7 Å². The number of fused-ring (bicyclic) bond motifs is 1. The molecule has 0 aromatic heterocycles. The first kappa shape index (κ1) is 12.4. The molecule has 17 heavy (non-hydrogen) atoms. The Labute approximate surface area is 104 Å². The van der Waals surface area contributed by atoms with Crippen molar-refractivity contribution < 1.29 is 4.74 Å². The van der Waals surface area contributed by atoms with Crippen LogP contribution in [-0.2, 0) is 0 Å². The summed E-state index contributed by atoms with van der Waals surface area (Å²) in [6.45, 7) is 10.9. The summed E-state index contributed by atoms with van der Waals surface area (Å²) in [5.41, 5.74) is 3.96. The van der Waals surface area contributed by atoms with E-state index < -0.39 is 0 Å². The van der Waals surface area contributed by atoms with Crippen molar-refractivity contribution in [2.45, 2.75) is 59.2 Å². The molecule has 0 saturated heterocycles. The van der Waals surface area contributed by atoms with Crippen LogP contribution < -0.4 is 10.1 Å². The van der Waals surface area contributed by atoms with Gasteiger partial charge in [-0.1, -0.05) is 19.9 Å². The lowest BCUT2D eigenvalue weighted by atomic mass is 9.91. The van der Waals surface area contributed by atoms with Gasteiger partial charge < -0.3 is 10.1 Å². The summed E-state index contributed by atoms with van der Waals surface area (Å²) < 4.78 is 5.97. The van der Waals surface area contributed by atoms with Crippen molar-refractivity contribution in [2.75, 3.05) is 0 Å². The molecular weight excluding hydrogens is 210 g/mol. The monoisotopic (exact) mass is 233 g/mol. The van der Waals surface area contributed by atoms with Crippen molar-refractivity contribution in [1.29, 1.82) is 0 Å². The fourth-order valence-electron chi connectivity index (χ4n) is 2.75. The Kier molecular flexibility index (Phi) is 3.43. The first-order valence-corrected chi connectivity index (χ1v) is 6.51. The third-order valence-electron chi connectivity index (χ3n) is 3.27. The molecule has 1 aliphatic rings.